The second-order valence-electron chi connectivity index (χ2n) is 11.4. The maximum atomic E-state index is 13.3. The average molecular weight is 661 g/mol. The van der Waals surface area contributed by atoms with Gasteiger partial charge in [-0.15, -0.1) is 0 Å². The highest BCUT2D eigenvalue weighted by atomic mass is 16.7. The fourth-order valence-electron chi connectivity index (χ4n) is 5.32. The fourth-order valence-corrected chi connectivity index (χ4v) is 5.32. The molecule has 5 aromatic rings. The first-order valence-electron chi connectivity index (χ1n) is 15.9. The standard InChI is InChI=1S/C40H36O9/c41-35-36(45-26-29-15-7-2-8-16-29)34(27-44-25-28-13-5-1-6-14-28)48-40(37(35)49-39(43)31-19-11-4-12-20-31)47-33-23-21-32(22-24-33)46-38(42)30-17-9-3-10-18-30/h1-24,34-37,40-41H,25-27H2/t34-,35+,36-,37+,40+/m1/s1. The maximum Gasteiger partial charge on any atom is 0.343 e. The van der Waals surface area contributed by atoms with Gasteiger partial charge in [-0.1, -0.05) is 97.1 Å². The van der Waals surface area contributed by atoms with E-state index in [-0.39, 0.29) is 13.2 Å². The van der Waals surface area contributed by atoms with E-state index in [1.54, 1.807) is 78.9 Å². The van der Waals surface area contributed by atoms with Gasteiger partial charge < -0.3 is 33.5 Å². The lowest BCUT2D eigenvalue weighted by molar-refractivity contribution is -0.289. The molecule has 1 N–H and O–H groups in total. The monoisotopic (exact) mass is 660 g/mol. The van der Waals surface area contributed by atoms with E-state index in [4.69, 9.17) is 28.4 Å². The molecule has 1 aliphatic rings. The molecule has 5 atom stereocenters. The number of aliphatic hydroxyl groups excluding tert-OH is 1. The Hall–Kier alpha value is -5.32. The predicted octanol–water partition coefficient (Wildman–Crippen LogP) is 6.40. The molecule has 0 amide bonds. The summed E-state index contributed by atoms with van der Waals surface area (Å²) in [6.45, 7) is 0.539. The number of ether oxygens (including phenoxy) is 6. The molecule has 0 saturated carbocycles. The molecule has 0 radical (unpaired) electrons. The first-order valence-corrected chi connectivity index (χ1v) is 15.9. The molecule has 6 rings (SSSR count). The van der Waals surface area contributed by atoms with Crippen molar-refractivity contribution < 1.29 is 43.1 Å². The lowest BCUT2D eigenvalue weighted by Crippen LogP contribution is -2.62. The van der Waals surface area contributed by atoms with E-state index in [1.807, 2.05) is 66.7 Å². The summed E-state index contributed by atoms with van der Waals surface area (Å²) in [7, 11) is 0. The number of aliphatic hydroxyl groups is 1. The van der Waals surface area contributed by atoms with Gasteiger partial charge >= 0.3 is 11.9 Å². The van der Waals surface area contributed by atoms with Crippen LogP contribution in [-0.4, -0.2) is 54.4 Å². The first kappa shape index (κ1) is 33.6. The summed E-state index contributed by atoms with van der Waals surface area (Å²) < 4.78 is 36.3. The van der Waals surface area contributed by atoms with Crippen molar-refractivity contribution in [2.75, 3.05) is 6.61 Å². The minimum Gasteiger partial charge on any atom is -0.461 e. The van der Waals surface area contributed by atoms with Gasteiger partial charge in [0.15, 0.2) is 6.10 Å². The van der Waals surface area contributed by atoms with E-state index >= 15 is 0 Å². The average Bonchev–Trinajstić information content (AvgIpc) is 3.15. The molecule has 5 aromatic carbocycles. The van der Waals surface area contributed by atoms with Crippen LogP contribution in [0, 0.1) is 0 Å². The third-order valence-corrected chi connectivity index (χ3v) is 7.84. The Kier molecular flexibility index (Phi) is 11.4. The van der Waals surface area contributed by atoms with Crippen molar-refractivity contribution in [2.45, 2.75) is 43.9 Å². The van der Waals surface area contributed by atoms with E-state index in [1.165, 1.54) is 0 Å². The summed E-state index contributed by atoms with van der Waals surface area (Å²) in [5, 5.41) is 11.8. The molecule has 1 saturated heterocycles. The van der Waals surface area contributed by atoms with E-state index in [0.29, 0.717) is 29.2 Å². The lowest BCUT2D eigenvalue weighted by Gasteiger charge is -2.43. The molecule has 250 valence electrons. The Morgan fingerprint density at radius 1 is 0.592 bits per heavy atom. The number of hydrogen-bond donors (Lipinski definition) is 1. The van der Waals surface area contributed by atoms with Crippen LogP contribution in [-0.2, 0) is 32.2 Å². The number of benzene rings is 5. The largest absolute Gasteiger partial charge is 0.461 e. The predicted molar refractivity (Wildman–Crippen MR) is 180 cm³/mol. The highest BCUT2D eigenvalue weighted by Gasteiger charge is 2.49. The molecule has 0 aromatic heterocycles. The van der Waals surface area contributed by atoms with Crippen LogP contribution in [0.5, 0.6) is 11.5 Å². The zero-order chi connectivity index (χ0) is 33.8. The summed E-state index contributed by atoms with van der Waals surface area (Å²) in [6, 6.07) is 42.7. The number of carbonyl (C=O) groups excluding carboxylic acids is 2. The molecule has 49 heavy (non-hydrogen) atoms. The second kappa shape index (κ2) is 16.7. The van der Waals surface area contributed by atoms with Crippen molar-refractivity contribution in [2.24, 2.45) is 0 Å². The van der Waals surface area contributed by atoms with Gasteiger partial charge in [-0.05, 0) is 59.7 Å². The molecule has 9 heteroatoms. The van der Waals surface area contributed by atoms with E-state index in [0.717, 1.165) is 11.1 Å². The van der Waals surface area contributed by atoms with Crippen LogP contribution in [0.3, 0.4) is 0 Å². The van der Waals surface area contributed by atoms with E-state index in [2.05, 4.69) is 0 Å². The van der Waals surface area contributed by atoms with Crippen molar-refractivity contribution in [3.05, 3.63) is 168 Å². The summed E-state index contributed by atoms with van der Waals surface area (Å²) in [5.74, 6) is -0.532. The number of esters is 2. The first-order chi connectivity index (χ1) is 24.0. The van der Waals surface area contributed by atoms with Gasteiger partial charge in [0.25, 0.3) is 0 Å². The van der Waals surface area contributed by atoms with Crippen molar-refractivity contribution >= 4 is 11.9 Å². The minimum atomic E-state index is -1.36. The van der Waals surface area contributed by atoms with Crippen LogP contribution in [0.1, 0.15) is 31.8 Å². The molecular formula is C40H36O9. The lowest BCUT2D eigenvalue weighted by atomic mass is 9.98. The SMILES string of the molecule is O=C(Oc1ccc(O[C@H]2O[C@H](COCc3ccccc3)[C@@H](OCc3ccccc3)[C@H](O)[C@@H]2OC(=O)c2ccccc2)cc1)c1ccccc1. The van der Waals surface area contributed by atoms with Crippen LogP contribution >= 0.6 is 0 Å². The van der Waals surface area contributed by atoms with Crippen molar-refractivity contribution in [1.29, 1.82) is 0 Å². The number of rotatable bonds is 13. The highest BCUT2D eigenvalue weighted by molar-refractivity contribution is 5.91. The van der Waals surface area contributed by atoms with E-state index < -0.39 is 42.6 Å². The summed E-state index contributed by atoms with van der Waals surface area (Å²) in [5.41, 5.74) is 2.58. The van der Waals surface area contributed by atoms with Crippen molar-refractivity contribution in [3.8, 4) is 11.5 Å². The minimum absolute atomic E-state index is 0.0546. The van der Waals surface area contributed by atoms with Crippen LogP contribution in [0.4, 0.5) is 0 Å². The van der Waals surface area contributed by atoms with Gasteiger partial charge in [-0.25, -0.2) is 9.59 Å². The molecule has 1 aliphatic heterocycles. The topological polar surface area (TPSA) is 110 Å². The highest BCUT2D eigenvalue weighted by Crippen LogP contribution is 2.31. The van der Waals surface area contributed by atoms with Crippen LogP contribution in [0.25, 0.3) is 0 Å². The third kappa shape index (κ3) is 9.19. The molecule has 0 bridgehead atoms. The van der Waals surface area contributed by atoms with Crippen LogP contribution < -0.4 is 9.47 Å². The Labute approximate surface area is 284 Å². The zero-order valence-electron chi connectivity index (χ0n) is 26.6. The molecule has 0 unspecified atom stereocenters. The Balaban J connectivity index is 1.22. The van der Waals surface area contributed by atoms with E-state index in [9.17, 15) is 14.7 Å². The van der Waals surface area contributed by atoms with Gasteiger partial charge in [0.05, 0.1) is 30.9 Å². The molecule has 0 spiro atoms. The normalized spacial score (nSPS) is 20.2. The summed E-state index contributed by atoms with van der Waals surface area (Å²) >= 11 is 0. The number of hydrogen-bond acceptors (Lipinski definition) is 9. The Morgan fingerprint density at radius 3 is 1.69 bits per heavy atom. The summed E-state index contributed by atoms with van der Waals surface area (Å²) in [4.78, 5) is 25.8. The molecule has 1 fully saturated rings. The van der Waals surface area contributed by atoms with Gasteiger partial charge in [0, 0.05) is 0 Å². The van der Waals surface area contributed by atoms with Crippen molar-refractivity contribution in [1.82, 2.24) is 0 Å². The zero-order valence-corrected chi connectivity index (χ0v) is 26.6. The third-order valence-electron chi connectivity index (χ3n) is 7.84. The smallest absolute Gasteiger partial charge is 0.343 e. The van der Waals surface area contributed by atoms with Gasteiger partial charge in [-0.3, -0.25) is 0 Å². The van der Waals surface area contributed by atoms with Gasteiger partial charge in [0.1, 0.15) is 29.8 Å². The molecule has 9 nitrogen and oxygen atoms in total. The van der Waals surface area contributed by atoms with Crippen LogP contribution in [0.2, 0.25) is 0 Å². The quantitative estimate of drug-likeness (QED) is 0.113. The second-order valence-corrected chi connectivity index (χ2v) is 11.4. The van der Waals surface area contributed by atoms with Gasteiger partial charge in [0.2, 0.25) is 6.29 Å². The maximum absolute atomic E-state index is 13.3. The van der Waals surface area contributed by atoms with Gasteiger partial charge in [-0.2, -0.15) is 0 Å². The fraction of sp³-hybridized carbons (Fsp3) is 0.200. The number of carbonyl (C=O) groups is 2. The Bertz CT molecular complexity index is 1750. The summed E-state index contributed by atoms with van der Waals surface area (Å²) in [6.07, 6.45) is -5.63. The molecular weight excluding hydrogens is 624 g/mol. The van der Waals surface area contributed by atoms with Crippen LogP contribution in [0.15, 0.2) is 146 Å². The molecule has 0 aliphatic carbocycles. The Morgan fingerprint density at radius 2 is 1.10 bits per heavy atom. The molecule has 1 heterocycles. The van der Waals surface area contributed by atoms with Crippen molar-refractivity contribution in [3.63, 3.8) is 0 Å².